The van der Waals surface area contributed by atoms with E-state index in [0.717, 1.165) is 54.0 Å². The minimum Gasteiger partial charge on any atom is -0.508 e. The van der Waals surface area contributed by atoms with Gasteiger partial charge in [0.05, 0.1) is 11.2 Å². The Labute approximate surface area is 215 Å². The number of nitriles is 1. The van der Waals surface area contributed by atoms with Crippen LogP contribution in [0.15, 0.2) is 72.8 Å². The lowest BCUT2D eigenvalue weighted by atomic mass is 10.1. The zero-order chi connectivity index (χ0) is 25.4. The van der Waals surface area contributed by atoms with E-state index < -0.39 is 0 Å². The van der Waals surface area contributed by atoms with Crippen LogP contribution in [-0.4, -0.2) is 57.8 Å². The van der Waals surface area contributed by atoms with Crippen molar-refractivity contribution in [3.8, 4) is 23.2 Å². The van der Waals surface area contributed by atoms with Gasteiger partial charge in [-0.05, 0) is 42.9 Å². The molecular formula is C29H27N7O. The minimum absolute atomic E-state index is 0.142. The first-order valence-electron chi connectivity index (χ1n) is 12.4. The topological polar surface area (TPSA) is 92.7 Å². The largest absolute Gasteiger partial charge is 0.508 e. The monoisotopic (exact) mass is 489 g/mol. The first kappa shape index (κ1) is 22.8. The molecule has 0 saturated carbocycles. The number of nitrogens with zero attached hydrogens (tertiary/aromatic N) is 6. The molecule has 3 aromatic carbocycles. The van der Waals surface area contributed by atoms with Gasteiger partial charge in [0.1, 0.15) is 17.4 Å². The molecule has 0 radical (unpaired) electrons. The highest BCUT2D eigenvalue weighted by Crippen LogP contribution is 2.35. The van der Waals surface area contributed by atoms with Crippen molar-refractivity contribution < 1.29 is 5.11 Å². The Morgan fingerprint density at radius 3 is 2.54 bits per heavy atom. The number of hydrogen-bond acceptors (Lipinski definition) is 7. The molecule has 0 spiro atoms. The number of aromatic hydroxyl groups is 1. The van der Waals surface area contributed by atoms with Crippen LogP contribution in [0.5, 0.6) is 5.75 Å². The Balaban J connectivity index is 1.54. The van der Waals surface area contributed by atoms with Crippen molar-refractivity contribution in [1.82, 2.24) is 19.5 Å². The van der Waals surface area contributed by atoms with Crippen molar-refractivity contribution in [3.63, 3.8) is 0 Å². The predicted octanol–water partition coefficient (Wildman–Crippen LogP) is 4.49. The SMILES string of the molecule is CN1CCN(c2ccc3c(c2)c(NCc2ccccc2)c(C#N)c2nc(-c4cccc(O)c4)nn23)CC1. The zero-order valence-corrected chi connectivity index (χ0v) is 20.6. The molecule has 1 fully saturated rings. The van der Waals surface area contributed by atoms with Crippen LogP contribution >= 0.6 is 0 Å². The van der Waals surface area contributed by atoms with Crippen molar-refractivity contribution >= 4 is 27.9 Å². The second-order valence-corrected chi connectivity index (χ2v) is 9.41. The molecule has 0 bridgehead atoms. The number of benzene rings is 3. The van der Waals surface area contributed by atoms with Gasteiger partial charge in [-0.25, -0.2) is 9.50 Å². The number of likely N-dealkylation sites (N-methyl/N-ethyl adjacent to an activating group) is 1. The zero-order valence-electron chi connectivity index (χ0n) is 20.6. The van der Waals surface area contributed by atoms with Gasteiger partial charge in [0.25, 0.3) is 0 Å². The molecule has 2 aromatic heterocycles. The van der Waals surface area contributed by atoms with Crippen LogP contribution in [0.1, 0.15) is 11.1 Å². The van der Waals surface area contributed by atoms with Crippen molar-refractivity contribution in [2.24, 2.45) is 0 Å². The first-order chi connectivity index (χ1) is 18.1. The fourth-order valence-corrected chi connectivity index (χ4v) is 4.90. The second kappa shape index (κ2) is 9.45. The molecule has 0 amide bonds. The molecule has 5 aromatic rings. The lowest BCUT2D eigenvalue weighted by molar-refractivity contribution is 0.313. The van der Waals surface area contributed by atoms with Gasteiger partial charge in [0.2, 0.25) is 0 Å². The molecule has 1 aliphatic heterocycles. The van der Waals surface area contributed by atoms with Gasteiger partial charge in [-0.1, -0.05) is 42.5 Å². The summed E-state index contributed by atoms with van der Waals surface area (Å²) < 4.78 is 1.74. The quantitative estimate of drug-likeness (QED) is 0.376. The maximum absolute atomic E-state index is 10.3. The molecule has 0 unspecified atom stereocenters. The van der Waals surface area contributed by atoms with Gasteiger partial charge in [0, 0.05) is 49.4 Å². The highest BCUT2D eigenvalue weighted by Gasteiger charge is 2.21. The lowest BCUT2D eigenvalue weighted by Crippen LogP contribution is -2.44. The summed E-state index contributed by atoms with van der Waals surface area (Å²) in [6.07, 6.45) is 0. The van der Waals surface area contributed by atoms with Gasteiger partial charge in [0.15, 0.2) is 11.5 Å². The highest BCUT2D eigenvalue weighted by molar-refractivity contribution is 6.00. The number of rotatable bonds is 5. The highest BCUT2D eigenvalue weighted by atomic mass is 16.3. The molecule has 8 nitrogen and oxygen atoms in total. The van der Waals surface area contributed by atoms with E-state index in [2.05, 4.69) is 58.6 Å². The van der Waals surface area contributed by atoms with Crippen LogP contribution in [-0.2, 0) is 6.54 Å². The molecule has 184 valence electrons. The average molecular weight is 490 g/mol. The molecule has 8 heteroatoms. The summed E-state index contributed by atoms with van der Waals surface area (Å²) in [4.78, 5) is 9.46. The predicted molar refractivity (Wildman–Crippen MR) is 146 cm³/mol. The molecule has 1 saturated heterocycles. The number of piperazine rings is 1. The van der Waals surface area contributed by atoms with Gasteiger partial charge in [-0.3, -0.25) is 0 Å². The van der Waals surface area contributed by atoms with Crippen molar-refractivity contribution in [2.45, 2.75) is 6.54 Å². The smallest absolute Gasteiger partial charge is 0.182 e. The first-order valence-corrected chi connectivity index (χ1v) is 12.4. The van der Waals surface area contributed by atoms with Crippen molar-refractivity contribution in [2.75, 3.05) is 43.4 Å². The summed E-state index contributed by atoms with van der Waals surface area (Å²) in [5.41, 5.74) is 5.47. The van der Waals surface area contributed by atoms with E-state index in [1.807, 2.05) is 24.3 Å². The van der Waals surface area contributed by atoms with Crippen LogP contribution in [0.4, 0.5) is 11.4 Å². The van der Waals surface area contributed by atoms with Gasteiger partial charge >= 0.3 is 0 Å². The Bertz CT molecular complexity index is 1630. The maximum Gasteiger partial charge on any atom is 0.182 e. The van der Waals surface area contributed by atoms with Crippen molar-refractivity contribution in [3.05, 3.63) is 83.9 Å². The second-order valence-electron chi connectivity index (χ2n) is 9.41. The third-order valence-corrected chi connectivity index (χ3v) is 6.96. The minimum atomic E-state index is 0.142. The molecule has 0 aliphatic carbocycles. The number of pyridine rings is 1. The summed E-state index contributed by atoms with van der Waals surface area (Å²) in [5.74, 6) is 0.598. The Kier molecular flexibility index (Phi) is 5.83. The van der Waals surface area contributed by atoms with E-state index in [0.29, 0.717) is 29.1 Å². The standard InChI is InChI=1S/C29H27N7O/c1-34-12-14-35(15-13-34)22-10-11-26-24(17-22)27(31-19-20-6-3-2-4-7-20)25(18-30)29-32-28(33-36(26)29)21-8-5-9-23(37)16-21/h2-11,16-17,31,37H,12-15,19H2,1H3. The lowest BCUT2D eigenvalue weighted by Gasteiger charge is -2.34. The number of aromatic nitrogens is 3. The third-order valence-electron chi connectivity index (χ3n) is 6.96. The fraction of sp³-hybridized carbons (Fsp3) is 0.207. The van der Waals surface area contributed by atoms with E-state index in [1.54, 1.807) is 22.7 Å². The van der Waals surface area contributed by atoms with E-state index in [-0.39, 0.29) is 5.75 Å². The Hall–Kier alpha value is -4.61. The fourth-order valence-electron chi connectivity index (χ4n) is 4.90. The normalized spacial score (nSPS) is 14.2. The number of phenols is 1. The van der Waals surface area contributed by atoms with Crippen LogP contribution in [0, 0.1) is 11.3 Å². The summed E-state index contributed by atoms with van der Waals surface area (Å²) in [6.45, 7) is 4.50. The number of hydrogen-bond donors (Lipinski definition) is 2. The maximum atomic E-state index is 10.3. The Morgan fingerprint density at radius 2 is 1.78 bits per heavy atom. The number of anilines is 2. The van der Waals surface area contributed by atoms with E-state index in [1.165, 1.54) is 0 Å². The number of fused-ring (bicyclic) bond motifs is 3. The van der Waals surface area contributed by atoms with Crippen molar-refractivity contribution in [1.29, 1.82) is 5.26 Å². The average Bonchev–Trinajstić information content (AvgIpc) is 3.38. The van der Waals surface area contributed by atoms with Gasteiger partial charge in [-0.15, -0.1) is 5.10 Å². The Morgan fingerprint density at radius 1 is 0.973 bits per heavy atom. The summed E-state index contributed by atoms with van der Waals surface area (Å²) in [6, 6.07) is 25.7. The van der Waals surface area contributed by atoms with E-state index in [4.69, 9.17) is 10.1 Å². The van der Waals surface area contributed by atoms with Gasteiger partial charge in [-0.2, -0.15) is 5.26 Å². The van der Waals surface area contributed by atoms with Crippen LogP contribution in [0.2, 0.25) is 0 Å². The number of phenolic OH excluding ortho intramolecular Hbond substituents is 1. The van der Waals surface area contributed by atoms with Gasteiger partial charge < -0.3 is 20.2 Å². The molecule has 0 atom stereocenters. The summed E-state index contributed by atoms with van der Waals surface area (Å²) in [5, 5.41) is 29.5. The molecule has 2 N–H and O–H groups in total. The molecule has 6 rings (SSSR count). The molecule has 3 heterocycles. The molecule has 37 heavy (non-hydrogen) atoms. The number of nitrogens with one attached hydrogen (secondary N) is 1. The third kappa shape index (κ3) is 4.30. The van der Waals surface area contributed by atoms with Crippen LogP contribution < -0.4 is 10.2 Å². The van der Waals surface area contributed by atoms with Crippen LogP contribution in [0.25, 0.3) is 27.9 Å². The summed E-state index contributed by atoms with van der Waals surface area (Å²) in [7, 11) is 2.15. The van der Waals surface area contributed by atoms with Crippen LogP contribution in [0.3, 0.4) is 0 Å². The summed E-state index contributed by atoms with van der Waals surface area (Å²) >= 11 is 0. The van der Waals surface area contributed by atoms with E-state index in [9.17, 15) is 10.4 Å². The molecule has 1 aliphatic rings. The van der Waals surface area contributed by atoms with E-state index >= 15 is 0 Å². The molecular weight excluding hydrogens is 462 g/mol.